The van der Waals surface area contributed by atoms with Crippen LogP contribution < -0.4 is 11.1 Å². The maximum atomic E-state index is 11.5. The first kappa shape index (κ1) is 12.3. The topological polar surface area (TPSA) is 95.7 Å². The number of nitrogens with two attached hydrogens (primary N) is 1. The molecule has 1 unspecified atom stereocenters. The zero-order valence-corrected chi connectivity index (χ0v) is 9.76. The fourth-order valence-electron chi connectivity index (χ4n) is 1.96. The Kier molecular flexibility index (Phi) is 3.63. The van der Waals surface area contributed by atoms with E-state index in [4.69, 9.17) is 5.73 Å². The van der Waals surface area contributed by atoms with E-state index in [0.29, 0.717) is 13.0 Å². The number of nitrogens with one attached hydrogen (secondary N) is 1. The molecule has 4 N–H and O–H groups in total. The summed E-state index contributed by atoms with van der Waals surface area (Å²) in [7, 11) is 0. The van der Waals surface area contributed by atoms with Crippen LogP contribution in [0.3, 0.4) is 0 Å². The van der Waals surface area contributed by atoms with Crippen molar-refractivity contribution < 1.29 is 14.7 Å². The van der Waals surface area contributed by atoms with Crippen LogP contribution in [0.1, 0.15) is 25.7 Å². The largest absolute Gasteiger partial charge is 0.382 e. The van der Waals surface area contributed by atoms with Gasteiger partial charge < -0.3 is 21.1 Å². The van der Waals surface area contributed by atoms with E-state index < -0.39 is 18.1 Å². The first-order valence-electron chi connectivity index (χ1n) is 6.09. The number of aliphatic hydroxyl groups excluding tert-OH is 1. The van der Waals surface area contributed by atoms with Gasteiger partial charge in [-0.15, -0.1) is 0 Å². The Morgan fingerprint density at radius 1 is 1.59 bits per heavy atom. The van der Waals surface area contributed by atoms with Gasteiger partial charge in [0.15, 0.2) is 0 Å². The van der Waals surface area contributed by atoms with Crippen LogP contribution in [-0.2, 0) is 9.59 Å². The number of amides is 2. The Balaban J connectivity index is 1.78. The normalized spacial score (nSPS) is 23.6. The van der Waals surface area contributed by atoms with Crippen LogP contribution in [0.15, 0.2) is 0 Å². The van der Waals surface area contributed by atoms with Gasteiger partial charge in [0.05, 0.1) is 6.04 Å². The summed E-state index contributed by atoms with van der Waals surface area (Å²) in [4.78, 5) is 24.5. The SMILES string of the molecule is N[C@@H](CN1CCCC1=O)C(O)C(=O)NC1CC1. The third-order valence-corrected chi connectivity index (χ3v) is 3.20. The van der Waals surface area contributed by atoms with Gasteiger partial charge in [0.1, 0.15) is 6.10 Å². The summed E-state index contributed by atoms with van der Waals surface area (Å²) < 4.78 is 0. The number of hydrogen-bond donors (Lipinski definition) is 3. The molecule has 1 saturated carbocycles. The number of carbonyl (C=O) groups excluding carboxylic acids is 2. The monoisotopic (exact) mass is 241 g/mol. The van der Waals surface area contributed by atoms with Crippen molar-refractivity contribution in [2.45, 2.75) is 43.9 Å². The van der Waals surface area contributed by atoms with Crippen molar-refractivity contribution in [3.63, 3.8) is 0 Å². The zero-order valence-electron chi connectivity index (χ0n) is 9.76. The summed E-state index contributed by atoms with van der Waals surface area (Å²) in [6.07, 6.45) is 2.08. The quantitative estimate of drug-likeness (QED) is 0.550. The van der Waals surface area contributed by atoms with E-state index in [0.717, 1.165) is 19.3 Å². The van der Waals surface area contributed by atoms with Crippen molar-refractivity contribution in [3.05, 3.63) is 0 Å². The summed E-state index contributed by atoms with van der Waals surface area (Å²) in [6.45, 7) is 0.918. The summed E-state index contributed by atoms with van der Waals surface area (Å²) in [5, 5.41) is 12.4. The van der Waals surface area contributed by atoms with Gasteiger partial charge in [0.2, 0.25) is 5.91 Å². The Labute approximate surface area is 100 Å². The minimum atomic E-state index is -1.23. The molecule has 2 atom stereocenters. The van der Waals surface area contributed by atoms with Crippen LogP contribution in [0.2, 0.25) is 0 Å². The third kappa shape index (κ3) is 3.17. The van der Waals surface area contributed by atoms with Crippen LogP contribution in [0, 0.1) is 0 Å². The molecule has 6 heteroatoms. The average Bonchev–Trinajstić information content (AvgIpc) is 3.02. The first-order valence-corrected chi connectivity index (χ1v) is 6.09. The highest BCUT2D eigenvalue weighted by molar-refractivity contribution is 5.82. The van der Waals surface area contributed by atoms with Crippen LogP contribution in [-0.4, -0.2) is 53.1 Å². The van der Waals surface area contributed by atoms with Gasteiger partial charge in [0.25, 0.3) is 5.91 Å². The maximum Gasteiger partial charge on any atom is 0.250 e. The third-order valence-electron chi connectivity index (χ3n) is 3.20. The van der Waals surface area contributed by atoms with Gasteiger partial charge >= 0.3 is 0 Å². The summed E-state index contributed by atoms with van der Waals surface area (Å²) in [5.41, 5.74) is 5.75. The van der Waals surface area contributed by atoms with Gasteiger partial charge in [-0.25, -0.2) is 0 Å². The molecular formula is C11H19N3O3. The number of rotatable bonds is 5. The lowest BCUT2D eigenvalue weighted by atomic mass is 10.1. The number of carbonyl (C=O) groups is 2. The zero-order chi connectivity index (χ0) is 12.4. The molecule has 96 valence electrons. The second-order valence-electron chi connectivity index (χ2n) is 4.83. The second-order valence-corrected chi connectivity index (χ2v) is 4.83. The predicted molar refractivity (Wildman–Crippen MR) is 61.0 cm³/mol. The number of nitrogens with zero attached hydrogens (tertiary/aromatic N) is 1. The molecule has 0 aromatic rings. The summed E-state index contributed by atoms with van der Waals surface area (Å²) >= 11 is 0. The molecule has 0 spiro atoms. The van der Waals surface area contributed by atoms with E-state index >= 15 is 0 Å². The van der Waals surface area contributed by atoms with Gasteiger partial charge in [-0.05, 0) is 19.3 Å². The fraction of sp³-hybridized carbons (Fsp3) is 0.818. The molecule has 1 aliphatic heterocycles. The van der Waals surface area contributed by atoms with E-state index in [2.05, 4.69) is 5.32 Å². The number of aliphatic hydroxyl groups is 1. The molecule has 0 aromatic carbocycles. The van der Waals surface area contributed by atoms with Gasteiger partial charge in [-0.3, -0.25) is 9.59 Å². The maximum absolute atomic E-state index is 11.5. The van der Waals surface area contributed by atoms with E-state index in [-0.39, 0.29) is 18.5 Å². The Bertz CT molecular complexity index is 317. The molecule has 0 bridgehead atoms. The number of hydrogen-bond acceptors (Lipinski definition) is 4. The standard InChI is InChI=1S/C11H19N3O3/c12-8(6-14-5-1-2-9(14)15)10(16)11(17)13-7-3-4-7/h7-8,10,16H,1-6,12H2,(H,13,17)/t8-,10?/m0/s1. The van der Waals surface area contributed by atoms with Crippen LogP contribution >= 0.6 is 0 Å². The summed E-state index contributed by atoms with van der Waals surface area (Å²) in [5.74, 6) is -0.373. The lowest BCUT2D eigenvalue weighted by Gasteiger charge is -2.24. The average molecular weight is 241 g/mol. The highest BCUT2D eigenvalue weighted by Crippen LogP contribution is 2.19. The van der Waals surface area contributed by atoms with Crippen molar-refractivity contribution in [3.8, 4) is 0 Å². The fourth-order valence-corrected chi connectivity index (χ4v) is 1.96. The highest BCUT2D eigenvalue weighted by Gasteiger charge is 2.31. The molecule has 0 radical (unpaired) electrons. The highest BCUT2D eigenvalue weighted by atomic mass is 16.3. The molecule has 2 amide bonds. The van der Waals surface area contributed by atoms with Crippen LogP contribution in [0.5, 0.6) is 0 Å². The van der Waals surface area contributed by atoms with Crippen molar-refractivity contribution in [2.75, 3.05) is 13.1 Å². The van der Waals surface area contributed by atoms with Crippen molar-refractivity contribution in [2.24, 2.45) is 5.73 Å². The first-order chi connectivity index (χ1) is 8.08. The van der Waals surface area contributed by atoms with Gasteiger partial charge in [-0.1, -0.05) is 0 Å². The van der Waals surface area contributed by atoms with E-state index in [1.165, 1.54) is 0 Å². The van der Waals surface area contributed by atoms with Crippen LogP contribution in [0.25, 0.3) is 0 Å². The lowest BCUT2D eigenvalue weighted by Crippen LogP contribution is -2.52. The van der Waals surface area contributed by atoms with Crippen LogP contribution in [0.4, 0.5) is 0 Å². The Morgan fingerprint density at radius 3 is 2.82 bits per heavy atom. The van der Waals surface area contributed by atoms with E-state index in [9.17, 15) is 14.7 Å². The van der Waals surface area contributed by atoms with E-state index in [1.807, 2.05) is 0 Å². The smallest absolute Gasteiger partial charge is 0.250 e. The van der Waals surface area contributed by atoms with Crippen molar-refractivity contribution in [1.82, 2.24) is 10.2 Å². The molecule has 1 saturated heterocycles. The molecule has 6 nitrogen and oxygen atoms in total. The Hall–Kier alpha value is -1.14. The molecule has 17 heavy (non-hydrogen) atoms. The Morgan fingerprint density at radius 2 is 2.29 bits per heavy atom. The minimum absolute atomic E-state index is 0.0512. The molecule has 0 aromatic heterocycles. The summed E-state index contributed by atoms with van der Waals surface area (Å²) in [6, 6.07) is -0.506. The van der Waals surface area contributed by atoms with Gasteiger partial charge in [0, 0.05) is 25.6 Å². The molecule has 2 aliphatic rings. The lowest BCUT2D eigenvalue weighted by molar-refractivity contribution is -0.133. The molecular weight excluding hydrogens is 222 g/mol. The molecule has 1 heterocycles. The van der Waals surface area contributed by atoms with Crippen molar-refractivity contribution >= 4 is 11.8 Å². The second kappa shape index (κ2) is 5.01. The molecule has 1 aliphatic carbocycles. The number of likely N-dealkylation sites (tertiary alicyclic amines) is 1. The molecule has 2 rings (SSSR count). The van der Waals surface area contributed by atoms with Crippen molar-refractivity contribution in [1.29, 1.82) is 0 Å². The minimum Gasteiger partial charge on any atom is -0.382 e. The van der Waals surface area contributed by atoms with E-state index in [1.54, 1.807) is 4.90 Å². The predicted octanol–water partition coefficient (Wildman–Crippen LogP) is -1.42. The van der Waals surface area contributed by atoms with Gasteiger partial charge in [-0.2, -0.15) is 0 Å². The molecule has 2 fully saturated rings.